The summed E-state index contributed by atoms with van der Waals surface area (Å²) in [5, 5.41) is 13.7. The average molecular weight is 402 g/mol. The monoisotopic (exact) mass is 402 g/mol. The van der Waals surface area contributed by atoms with Gasteiger partial charge in [0.15, 0.2) is 23.4 Å². The number of nitrogens with zero attached hydrogens (tertiary/aromatic N) is 1. The molecule has 0 aromatic heterocycles. The average Bonchev–Trinajstić information content (AvgIpc) is 2.72. The maximum absolute atomic E-state index is 12.3. The first kappa shape index (κ1) is 19.9. The maximum Gasteiger partial charge on any atom is 0.339 e. The summed E-state index contributed by atoms with van der Waals surface area (Å²) < 4.78 is 20.9. The molecule has 0 saturated heterocycles. The Balaban J connectivity index is 1.65. The van der Waals surface area contributed by atoms with Gasteiger partial charge in [-0.05, 0) is 31.2 Å². The molecule has 1 atom stereocenters. The fourth-order valence-corrected chi connectivity index (χ4v) is 2.61. The molecule has 3 rings (SSSR count). The second-order valence-corrected chi connectivity index (χ2v) is 6.04. The lowest BCUT2D eigenvalue weighted by molar-refractivity contribution is -0.385. The number of amides is 1. The second kappa shape index (κ2) is 8.46. The number of esters is 1. The Labute approximate surface area is 165 Å². The highest BCUT2D eigenvalue weighted by molar-refractivity contribution is 5.97. The van der Waals surface area contributed by atoms with Crippen LogP contribution in [0.5, 0.6) is 17.2 Å². The molecule has 2 aromatic carbocycles. The number of anilines is 1. The van der Waals surface area contributed by atoms with E-state index < -0.39 is 22.9 Å². The molecule has 0 saturated carbocycles. The molecule has 0 unspecified atom stereocenters. The number of ether oxygens (including phenoxy) is 4. The zero-order chi connectivity index (χ0) is 21.0. The van der Waals surface area contributed by atoms with Gasteiger partial charge in [-0.2, -0.15) is 0 Å². The SMILES string of the molecule is COc1ccc(C(=O)O[C@H](C)C(=O)Nc2ccc3c(c2)OCCO3)cc1[N+](=O)[O-]. The minimum atomic E-state index is -1.14. The third-order valence-electron chi connectivity index (χ3n) is 4.07. The number of hydrogen-bond donors (Lipinski definition) is 1. The van der Waals surface area contributed by atoms with Crippen molar-refractivity contribution in [3.63, 3.8) is 0 Å². The molecule has 0 spiro atoms. The predicted molar refractivity (Wildman–Crippen MR) is 101 cm³/mol. The molecule has 1 aliphatic rings. The summed E-state index contributed by atoms with van der Waals surface area (Å²) in [5.74, 6) is -0.353. The van der Waals surface area contributed by atoms with Crippen LogP contribution in [0.2, 0.25) is 0 Å². The van der Waals surface area contributed by atoms with E-state index in [0.717, 1.165) is 6.07 Å². The first-order chi connectivity index (χ1) is 13.9. The van der Waals surface area contributed by atoms with Crippen LogP contribution in [-0.4, -0.2) is 43.2 Å². The predicted octanol–water partition coefficient (Wildman–Crippen LogP) is 2.56. The third kappa shape index (κ3) is 4.54. The number of rotatable bonds is 6. The Kier molecular flexibility index (Phi) is 5.82. The smallest absolute Gasteiger partial charge is 0.339 e. The van der Waals surface area contributed by atoms with Crippen LogP contribution >= 0.6 is 0 Å². The molecule has 29 heavy (non-hydrogen) atoms. The van der Waals surface area contributed by atoms with E-state index in [1.807, 2.05) is 0 Å². The summed E-state index contributed by atoms with van der Waals surface area (Å²) >= 11 is 0. The standard InChI is InChI=1S/C19H18N2O8/c1-11(18(22)20-13-4-6-16-17(10-13)28-8-7-27-16)29-19(23)12-3-5-15(26-2)14(9-12)21(24)25/h3-6,9-11H,7-8H2,1-2H3,(H,20,22)/t11-/m1/s1. The van der Waals surface area contributed by atoms with Gasteiger partial charge in [0.1, 0.15) is 13.2 Å². The lowest BCUT2D eigenvalue weighted by Crippen LogP contribution is -2.30. The molecule has 152 valence electrons. The zero-order valence-corrected chi connectivity index (χ0v) is 15.7. The van der Waals surface area contributed by atoms with Crippen LogP contribution in [0, 0.1) is 10.1 Å². The molecule has 1 N–H and O–H groups in total. The summed E-state index contributed by atoms with van der Waals surface area (Å²) in [6, 6.07) is 8.54. The molecule has 0 radical (unpaired) electrons. The van der Waals surface area contributed by atoms with Gasteiger partial charge in [-0.3, -0.25) is 14.9 Å². The fraction of sp³-hybridized carbons (Fsp3) is 0.263. The number of fused-ring (bicyclic) bond motifs is 1. The van der Waals surface area contributed by atoms with Crippen molar-refractivity contribution in [3.8, 4) is 17.2 Å². The largest absolute Gasteiger partial charge is 0.490 e. The summed E-state index contributed by atoms with van der Waals surface area (Å²) in [4.78, 5) is 35.0. The van der Waals surface area contributed by atoms with Crippen molar-refractivity contribution in [2.24, 2.45) is 0 Å². The van der Waals surface area contributed by atoms with Crippen LogP contribution in [0.15, 0.2) is 36.4 Å². The number of methoxy groups -OCH3 is 1. The highest BCUT2D eigenvalue weighted by atomic mass is 16.6. The number of nitro benzene ring substituents is 1. The van der Waals surface area contributed by atoms with E-state index in [2.05, 4.69) is 5.32 Å². The van der Waals surface area contributed by atoms with Gasteiger partial charge in [-0.15, -0.1) is 0 Å². The lowest BCUT2D eigenvalue weighted by atomic mass is 10.2. The summed E-state index contributed by atoms with van der Waals surface area (Å²) in [5.41, 5.74) is -0.00551. The van der Waals surface area contributed by atoms with Crippen molar-refractivity contribution in [2.75, 3.05) is 25.6 Å². The fourth-order valence-electron chi connectivity index (χ4n) is 2.61. The topological polar surface area (TPSA) is 126 Å². The molecule has 0 aliphatic carbocycles. The summed E-state index contributed by atoms with van der Waals surface area (Å²) in [6.45, 7) is 2.25. The Morgan fingerprint density at radius 3 is 2.55 bits per heavy atom. The number of hydrogen-bond acceptors (Lipinski definition) is 8. The Morgan fingerprint density at radius 2 is 1.86 bits per heavy atom. The minimum absolute atomic E-state index is 0.0101. The van der Waals surface area contributed by atoms with E-state index >= 15 is 0 Å². The van der Waals surface area contributed by atoms with Crippen LogP contribution in [0.3, 0.4) is 0 Å². The van der Waals surface area contributed by atoms with Gasteiger partial charge in [0.2, 0.25) is 0 Å². The quantitative estimate of drug-likeness (QED) is 0.444. The van der Waals surface area contributed by atoms with Crippen molar-refractivity contribution in [3.05, 3.63) is 52.1 Å². The van der Waals surface area contributed by atoms with Gasteiger partial charge in [-0.25, -0.2) is 4.79 Å². The Bertz CT molecular complexity index is 959. The molecule has 1 aliphatic heterocycles. The molecule has 10 nitrogen and oxygen atoms in total. The van der Waals surface area contributed by atoms with E-state index in [1.165, 1.54) is 26.2 Å². The molecule has 0 bridgehead atoms. The van der Waals surface area contributed by atoms with Crippen molar-refractivity contribution < 1.29 is 33.5 Å². The molecule has 0 fully saturated rings. The van der Waals surface area contributed by atoms with Gasteiger partial charge in [0.25, 0.3) is 5.91 Å². The van der Waals surface area contributed by atoms with E-state index in [-0.39, 0.29) is 17.0 Å². The number of benzene rings is 2. The van der Waals surface area contributed by atoms with Crippen LogP contribution in [0.25, 0.3) is 0 Å². The van der Waals surface area contributed by atoms with Gasteiger partial charge in [0, 0.05) is 17.8 Å². The van der Waals surface area contributed by atoms with Crippen molar-refractivity contribution in [2.45, 2.75) is 13.0 Å². The molecular formula is C19H18N2O8. The third-order valence-corrected chi connectivity index (χ3v) is 4.07. The molecule has 10 heteroatoms. The first-order valence-electron chi connectivity index (χ1n) is 8.63. The number of carbonyl (C=O) groups is 2. The summed E-state index contributed by atoms with van der Waals surface area (Å²) in [7, 11) is 1.28. The zero-order valence-electron chi connectivity index (χ0n) is 15.7. The van der Waals surface area contributed by atoms with Crippen molar-refractivity contribution >= 4 is 23.3 Å². The van der Waals surface area contributed by atoms with Gasteiger partial charge >= 0.3 is 11.7 Å². The van der Waals surface area contributed by atoms with E-state index in [9.17, 15) is 19.7 Å². The van der Waals surface area contributed by atoms with Crippen molar-refractivity contribution in [1.29, 1.82) is 0 Å². The molecule has 1 heterocycles. The van der Waals surface area contributed by atoms with Crippen LogP contribution in [0.1, 0.15) is 17.3 Å². The first-order valence-corrected chi connectivity index (χ1v) is 8.63. The highest BCUT2D eigenvalue weighted by Gasteiger charge is 2.23. The van der Waals surface area contributed by atoms with Crippen LogP contribution in [-0.2, 0) is 9.53 Å². The van der Waals surface area contributed by atoms with E-state index in [4.69, 9.17) is 18.9 Å². The minimum Gasteiger partial charge on any atom is -0.490 e. The maximum atomic E-state index is 12.3. The molecule has 1 amide bonds. The number of nitro groups is 1. The van der Waals surface area contributed by atoms with Gasteiger partial charge in [0.05, 0.1) is 17.6 Å². The van der Waals surface area contributed by atoms with E-state index in [0.29, 0.717) is 30.4 Å². The Hall–Kier alpha value is -3.82. The van der Waals surface area contributed by atoms with E-state index in [1.54, 1.807) is 18.2 Å². The second-order valence-electron chi connectivity index (χ2n) is 6.04. The number of carbonyl (C=O) groups excluding carboxylic acids is 2. The van der Waals surface area contributed by atoms with Gasteiger partial charge in [-0.1, -0.05) is 0 Å². The number of nitrogens with one attached hydrogen (secondary N) is 1. The Morgan fingerprint density at radius 1 is 1.14 bits per heavy atom. The van der Waals surface area contributed by atoms with Crippen molar-refractivity contribution in [1.82, 2.24) is 0 Å². The highest BCUT2D eigenvalue weighted by Crippen LogP contribution is 2.32. The molecule has 2 aromatic rings. The van der Waals surface area contributed by atoms with Crippen LogP contribution in [0.4, 0.5) is 11.4 Å². The molecular weight excluding hydrogens is 384 g/mol. The lowest BCUT2D eigenvalue weighted by Gasteiger charge is -2.19. The van der Waals surface area contributed by atoms with Crippen LogP contribution < -0.4 is 19.5 Å². The normalized spacial score (nSPS) is 13.2. The van der Waals surface area contributed by atoms with Gasteiger partial charge < -0.3 is 24.3 Å². The summed E-state index contributed by atoms with van der Waals surface area (Å²) in [6.07, 6.45) is -1.14.